The Kier molecular flexibility index (Phi) is 3.22. The van der Waals surface area contributed by atoms with E-state index in [1.165, 1.54) is 6.20 Å². The minimum Gasteiger partial charge on any atom is -0.288 e. The molecule has 80 valence electrons. The number of ketones is 1. The van der Waals surface area contributed by atoms with Crippen LogP contribution < -0.4 is 0 Å². The van der Waals surface area contributed by atoms with Crippen molar-refractivity contribution in [2.75, 3.05) is 0 Å². The summed E-state index contributed by atoms with van der Waals surface area (Å²) in [6.07, 6.45) is 1.54. The lowest BCUT2D eigenvalue weighted by Gasteiger charge is -2.02. The van der Waals surface area contributed by atoms with E-state index in [1.807, 2.05) is 0 Å². The van der Waals surface area contributed by atoms with Crippen LogP contribution in [-0.2, 0) is 0 Å². The second-order valence-corrected chi connectivity index (χ2v) is 3.98. The number of carbonyl (C=O) groups is 1. The Morgan fingerprint density at radius 1 is 1.12 bits per heavy atom. The number of rotatable bonds is 2. The van der Waals surface area contributed by atoms with Gasteiger partial charge in [-0.15, -0.1) is 0 Å². The van der Waals surface area contributed by atoms with Gasteiger partial charge in [0.05, 0.1) is 5.56 Å². The Balaban J connectivity index is 2.44. The Bertz CT molecular complexity index is 540. The topological polar surface area (TPSA) is 30.0 Å². The number of carbonyl (C=O) groups excluding carboxylic acids is 1. The van der Waals surface area contributed by atoms with Crippen LogP contribution in [0.15, 0.2) is 42.6 Å². The smallest absolute Gasteiger partial charge is 0.196 e. The quantitative estimate of drug-likeness (QED) is 0.603. The summed E-state index contributed by atoms with van der Waals surface area (Å²) in [7, 11) is 0. The normalized spacial score (nSPS) is 10.1. The molecule has 0 atom stereocenters. The van der Waals surface area contributed by atoms with Crippen LogP contribution in [0.5, 0.6) is 0 Å². The lowest BCUT2D eigenvalue weighted by atomic mass is 10.1. The zero-order valence-corrected chi connectivity index (χ0v) is 9.66. The third-order valence-corrected chi connectivity index (χ3v) is 2.63. The van der Waals surface area contributed by atoms with Gasteiger partial charge in [-0.25, -0.2) is 4.98 Å². The van der Waals surface area contributed by atoms with Crippen molar-refractivity contribution in [2.24, 2.45) is 0 Å². The second-order valence-electron chi connectivity index (χ2n) is 3.18. The highest BCUT2D eigenvalue weighted by Crippen LogP contribution is 2.18. The molecule has 0 saturated heterocycles. The molecule has 0 spiro atoms. The Labute approximate surface area is 103 Å². The van der Waals surface area contributed by atoms with Gasteiger partial charge in [0.15, 0.2) is 5.78 Å². The molecule has 1 heterocycles. The van der Waals surface area contributed by atoms with E-state index >= 15 is 0 Å². The number of nitrogens with zero attached hydrogens (tertiary/aromatic N) is 1. The molecule has 0 aliphatic carbocycles. The largest absolute Gasteiger partial charge is 0.288 e. The second kappa shape index (κ2) is 4.64. The van der Waals surface area contributed by atoms with E-state index in [-0.39, 0.29) is 10.9 Å². The Morgan fingerprint density at radius 3 is 2.62 bits per heavy atom. The summed E-state index contributed by atoms with van der Waals surface area (Å²) in [6, 6.07) is 10.0. The lowest BCUT2D eigenvalue weighted by molar-refractivity contribution is 0.103. The van der Waals surface area contributed by atoms with Crippen molar-refractivity contribution in [1.82, 2.24) is 4.98 Å². The first-order valence-electron chi connectivity index (χ1n) is 4.59. The molecule has 0 aliphatic heterocycles. The Morgan fingerprint density at radius 2 is 1.94 bits per heavy atom. The highest BCUT2D eigenvalue weighted by atomic mass is 35.5. The van der Waals surface area contributed by atoms with Gasteiger partial charge in [0, 0.05) is 16.8 Å². The maximum absolute atomic E-state index is 12.0. The van der Waals surface area contributed by atoms with Crippen LogP contribution >= 0.6 is 23.2 Å². The SMILES string of the molecule is O=C(c1cccc(Cl)c1)c1cccnc1Cl. The highest BCUT2D eigenvalue weighted by molar-refractivity contribution is 6.34. The maximum atomic E-state index is 12.0. The fourth-order valence-electron chi connectivity index (χ4n) is 1.34. The fraction of sp³-hybridized carbons (Fsp3) is 0. The van der Waals surface area contributed by atoms with Crippen LogP contribution in [0.4, 0.5) is 0 Å². The summed E-state index contributed by atoms with van der Waals surface area (Å²) in [5.41, 5.74) is 0.883. The third kappa shape index (κ3) is 2.23. The number of hydrogen-bond donors (Lipinski definition) is 0. The standard InChI is InChI=1S/C12H7Cl2NO/c13-9-4-1-3-8(7-9)11(16)10-5-2-6-15-12(10)14/h1-7H. The van der Waals surface area contributed by atoms with Gasteiger partial charge in [-0.1, -0.05) is 35.3 Å². The van der Waals surface area contributed by atoms with Gasteiger partial charge in [-0.2, -0.15) is 0 Å². The van der Waals surface area contributed by atoms with E-state index < -0.39 is 0 Å². The molecule has 0 unspecified atom stereocenters. The van der Waals surface area contributed by atoms with E-state index in [9.17, 15) is 4.79 Å². The Hall–Kier alpha value is -1.38. The summed E-state index contributed by atoms with van der Waals surface area (Å²) in [5, 5.41) is 0.721. The zero-order chi connectivity index (χ0) is 11.5. The minimum atomic E-state index is -0.180. The molecule has 2 aromatic rings. The van der Waals surface area contributed by atoms with Crippen molar-refractivity contribution < 1.29 is 4.79 Å². The van der Waals surface area contributed by atoms with Crippen molar-refractivity contribution in [3.8, 4) is 0 Å². The van der Waals surface area contributed by atoms with Gasteiger partial charge in [0.2, 0.25) is 0 Å². The molecule has 16 heavy (non-hydrogen) atoms. The number of aromatic nitrogens is 1. The molecule has 4 heteroatoms. The maximum Gasteiger partial charge on any atom is 0.196 e. The van der Waals surface area contributed by atoms with Crippen LogP contribution in [0.2, 0.25) is 10.2 Å². The van der Waals surface area contributed by atoms with Crippen molar-refractivity contribution in [1.29, 1.82) is 0 Å². The average molecular weight is 252 g/mol. The van der Waals surface area contributed by atoms with Crippen molar-refractivity contribution in [3.63, 3.8) is 0 Å². The first-order valence-corrected chi connectivity index (χ1v) is 5.35. The average Bonchev–Trinajstić information content (AvgIpc) is 2.29. The molecule has 1 aromatic carbocycles. The van der Waals surface area contributed by atoms with Gasteiger partial charge < -0.3 is 0 Å². The molecule has 0 N–H and O–H groups in total. The third-order valence-electron chi connectivity index (χ3n) is 2.09. The monoisotopic (exact) mass is 251 g/mol. The summed E-state index contributed by atoms with van der Waals surface area (Å²) in [4.78, 5) is 15.9. The highest BCUT2D eigenvalue weighted by Gasteiger charge is 2.12. The van der Waals surface area contributed by atoms with Crippen LogP contribution in [0, 0.1) is 0 Å². The number of hydrogen-bond acceptors (Lipinski definition) is 2. The van der Waals surface area contributed by atoms with Gasteiger partial charge in [0.1, 0.15) is 5.15 Å². The molecule has 2 nitrogen and oxygen atoms in total. The van der Waals surface area contributed by atoms with E-state index in [4.69, 9.17) is 23.2 Å². The van der Waals surface area contributed by atoms with Gasteiger partial charge in [-0.3, -0.25) is 4.79 Å². The number of pyridine rings is 1. The molecule has 0 saturated carbocycles. The number of benzene rings is 1. The van der Waals surface area contributed by atoms with Gasteiger partial charge in [-0.05, 0) is 24.3 Å². The summed E-state index contributed by atoms with van der Waals surface area (Å²) in [5.74, 6) is -0.180. The summed E-state index contributed by atoms with van der Waals surface area (Å²) in [6.45, 7) is 0. The zero-order valence-electron chi connectivity index (χ0n) is 8.15. The molecule has 2 rings (SSSR count). The van der Waals surface area contributed by atoms with Crippen LogP contribution in [-0.4, -0.2) is 10.8 Å². The van der Waals surface area contributed by atoms with Crippen LogP contribution in [0.3, 0.4) is 0 Å². The van der Waals surface area contributed by atoms with E-state index in [2.05, 4.69) is 4.98 Å². The molecule has 0 fully saturated rings. The van der Waals surface area contributed by atoms with E-state index in [0.717, 1.165) is 0 Å². The molecule has 0 bridgehead atoms. The van der Waals surface area contributed by atoms with Crippen molar-refractivity contribution in [2.45, 2.75) is 0 Å². The van der Waals surface area contributed by atoms with Gasteiger partial charge >= 0.3 is 0 Å². The van der Waals surface area contributed by atoms with Crippen LogP contribution in [0.25, 0.3) is 0 Å². The summed E-state index contributed by atoms with van der Waals surface area (Å²) >= 11 is 11.7. The summed E-state index contributed by atoms with van der Waals surface area (Å²) < 4.78 is 0. The lowest BCUT2D eigenvalue weighted by Crippen LogP contribution is -2.02. The van der Waals surface area contributed by atoms with Gasteiger partial charge in [0.25, 0.3) is 0 Å². The molecular weight excluding hydrogens is 245 g/mol. The first-order chi connectivity index (χ1) is 7.68. The molecule has 0 amide bonds. The van der Waals surface area contributed by atoms with Crippen LogP contribution in [0.1, 0.15) is 15.9 Å². The first kappa shape index (κ1) is 11.1. The molecule has 0 aliphatic rings. The fourth-order valence-corrected chi connectivity index (χ4v) is 1.74. The van der Waals surface area contributed by atoms with Crippen molar-refractivity contribution in [3.05, 3.63) is 63.9 Å². The molecular formula is C12H7Cl2NO. The molecule has 1 aromatic heterocycles. The molecule has 0 radical (unpaired) electrons. The predicted molar refractivity (Wildman–Crippen MR) is 64.1 cm³/mol. The predicted octanol–water partition coefficient (Wildman–Crippen LogP) is 3.62. The van der Waals surface area contributed by atoms with E-state index in [0.29, 0.717) is 16.1 Å². The minimum absolute atomic E-state index is 0.180. The number of halogens is 2. The van der Waals surface area contributed by atoms with Crippen molar-refractivity contribution >= 4 is 29.0 Å². The van der Waals surface area contributed by atoms with E-state index in [1.54, 1.807) is 36.4 Å².